The molecule has 2 heterocycles. The van der Waals surface area contributed by atoms with Crippen molar-refractivity contribution in [3.8, 4) is 0 Å². The van der Waals surface area contributed by atoms with Crippen LogP contribution >= 0.6 is 11.3 Å². The third kappa shape index (κ3) is 3.34. The van der Waals surface area contributed by atoms with Crippen LogP contribution in [0.3, 0.4) is 0 Å². The summed E-state index contributed by atoms with van der Waals surface area (Å²) >= 11 is 1.83. The van der Waals surface area contributed by atoms with Crippen molar-refractivity contribution in [1.29, 1.82) is 0 Å². The van der Waals surface area contributed by atoms with Gasteiger partial charge in [-0.15, -0.1) is 11.3 Å². The number of ether oxygens (including phenoxy) is 2. The van der Waals surface area contributed by atoms with Gasteiger partial charge in [0.05, 0.1) is 17.8 Å². The molecule has 19 heavy (non-hydrogen) atoms. The zero-order valence-corrected chi connectivity index (χ0v) is 12.9. The van der Waals surface area contributed by atoms with Crippen LogP contribution in [0.25, 0.3) is 0 Å². The SMILES string of the molecule is CCc1nc(C2(NCCOC)CCOCC2)sc1C. The third-order valence-electron chi connectivity index (χ3n) is 3.75. The van der Waals surface area contributed by atoms with E-state index in [0.717, 1.165) is 45.6 Å². The summed E-state index contributed by atoms with van der Waals surface area (Å²) in [6.07, 6.45) is 2.99. The summed E-state index contributed by atoms with van der Waals surface area (Å²) in [5.41, 5.74) is 1.22. The lowest BCUT2D eigenvalue weighted by molar-refractivity contribution is 0.0334. The van der Waals surface area contributed by atoms with E-state index in [-0.39, 0.29) is 5.54 Å². The number of hydrogen-bond donors (Lipinski definition) is 1. The van der Waals surface area contributed by atoms with Crippen molar-refractivity contribution in [2.24, 2.45) is 0 Å². The van der Waals surface area contributed by atoms with Gasteiger partial charge in [-0.3, -0.25) is 0 Å². The maximum absolute atomic E-state index is 5.52. The summed E-state index contributed by atoms with van der Waals surface area (Å²) in [7, 11) is 1.74. The number of hydrogen-bond acceptors (Lipinski definition) is 5. The number of aryl methyl sites for hydroxylation is 2. The number of nitrogens with zero attached hydrogens (tertiary/aromatic N) is 1. The van der Waals surface area contributed by atoms with Gasteiger partial charge in [0.2, 0.25) is 0 Å². The Kier molecular flexibility index (Phi) is 5.33. The summed E-state index contributed by atoms with van der Waals surface area (Å²) in [5.74, 6) is 0. The molecule has 2 rings (SSSR count). The van der Waals surface area contributed by atoms with E-state index in [1.54, 1.807) is 7.11 Å². The standard InChI is InChI=1S/C14H24N2O2S/c1-4-12-11(2)19-13(16-12)14(15-7-10-17-3)5-8-18-9-6-14/h15H,4-10H2,1-3H3. The van der Waals surface area contributed by atoms with Crippen molar-refractivity contribution >= 4 is 11.3 Å². The van der Waals surface area contributed by atoms with Crippen molar-refractivity contribution in [2.45, 2.75) is 38.6 Å². The van der Waals surface area contributed by atoms with Crippen molar-refractivity contribution in [3.05, 3.63) is 15.6 Å². The molecule has 0 aliphatic carbocycles. The molecule has 0 spiro atoms. The molecule has 0 saturated carbocycles. The molecule has 108 valence electrons. The van der Waals surface area contributed by atoms with Gasteiger partial charge in [-0.25, -0.2) is 4.98 Å². The van der Waals surface area contributed by atoms with E-state index in [4.69, 9.17) is 14.5 Å². The van der Waals surface area contributed by atoms with Crippen LogP contribution in [0.1, 0.15) is 35.3 Å². The fourth-order valence-electron chi connectivity index (χ4n) is 2.54. The largest absolute Gasteiger partial charge is 0.383 e. The molecule has 0 bridgehead atoms. The first-order chi connectivity index (χ1) is 9.22. The van der Waals surface area contributed by atoms with Gasteiger partial charge in [0.15, 0.2) is 0 Å². The molecular formula is C14H24N2O2S. The first-order valence-corrected chi connectivity index (χ1v) is 7.82. The lowest BCUT2D eigenvalue weighted by Gasteiger charge is -2.36. The van der Waals surface area contributed by atoms with Crippen LogP contribution in [-0.4, -0.2) is 38.5 Å². The zero-order valence-electron chi connectivity index (χ0n) is 12.1. The highest BCUT2D eigenvalue weighted by atomic mass is 32.1. The number of thiazole rings is 1. The lowest BCUT2D eigenvalue weighted by atomic mass is 9.90. The second-order valence-electron chi connectivity index (χ2n) is 4.99. The molecule has 0 radical (unpaired) electrons. The molecule has 1 fully saturated rings. The summed E-state index contributed by atoms with van der Waals surface area (Å²) < 4.78 is 10.7. The van der Waals surface area contributed by atoms with E-state index in [2.05, 4.69) is 19.2 Å². The predicted octanol–water partition coefficient (Wildman–Crippen LogP) is 2.26. The van der Waals surface area contributed by atoms with Crippen LogP contribution in [0.2, 0.25) is 0 Å². The Balaban J connectivity index is 2.19. The molecule has 1 aromatic rings. The Morgan fingerprint density at radius 1 is 1.42 bits per heavy atom. The average molecular weight is 284 g/mol. The minimum Gasteiger partial charge on any atom is -0.383 e. The molecular weight excluding hydrogens is 260 g/mol. The highest BCUT2D eigenvalue weighted by Crippen LogP contribution is 2.35. The molecule has 4 nitrogen and oxygen atoms in total. The molecule has 0 unspecified atom stereocenters. The lowest BCUT2D eigenvalue weighted by Crippen LogP contribution is -2.47. The third-order valence-corrected chi connectivity index (χ3v) is 4.97. The maximum Gasteiger partial charge on any atom is 0.113 e. The molecule has 1 aliphatic heterocycles. The van der Waals surface area contributed by atoms with E-state index >= 15 is 0 Å². The monoisotopic (exact) mass is 284 g/mol. The van der Waals surface area contributed by atoms with Crippen LogP contribution in [0.4, 0.5) is 0 Å². The first kappa shape index (κ1) is 14.9. The van der Waals surface area contributed by atoms with Crippen molar-refractivity contribution in [3.63, 3.8) is 0 Å². The van der Waals surface area contributed by atoms with Crippen LogP contribution in [0.15, 0.2) is 0 Å². The normalized spacial score (nSPS) is 18.7. The topological polar surface area (TPSA) is 43.4 Å². The van der Waals surface area contributed by atoms with E-state index < -0.39 is 0 Å². The molecule has 0 amide bonds. The molecule has 5 heteroatoms. The van der Waals surface area contributed by atoms with E-state index in [1.807, 2.05) is 11.3 Å². The summed E-state index contributed by atoms with van der Waals surface area (Å²) in [6, 6.07) is 0. The fourth-order valence-corrected chi connectivity index (χ4v) is 3.76. The average Bonchev–Trinajstić information content (AvgIpc) is 2.82. The first-order valence-electron chi connectivity index (χ1n) is 7.00. The molecule has 0 aromatic carbocycles. The van der Waals surface area contributed by atoms with Gasteiger partial charge in [0.1, 0.15) is 5.01 Å². The zero-order chi connectivity index (χ0) is 13.7. The second-order valence-corrected chi connectivity index (χ2v) is 6.19. The highest BCUT2D eigenvalue weighted by Gasteiger charge is 2.37. The molecule has 1 saturated heterocycles. The number of aromatic nitrogens is 1. The van der Waals surface area contributed by atoms with E-state index in [9.17, 15) is 0 Å². The van der Waals surface area contributed by atoms with Crippen LogP contribution < -0.4 is 5.32 Å². The predicted molar refractivity (Wildman–Crippen MR) is 77.8 cm³/mol. The van der Waals surface area contributed by atoms with E-state index in [0.29, 0.717) is 0 Å². The maximum atomic E-state index is 5.52. The van der Waals surface area contributed by atoms with Gasteiger partial charge in [-0.2, -0.15) is 0 Å². The number of methoxy groups -OCH3 is 1. The van der Waals surface area contributed by atoms with Gasteiger partial charge in [0, 0.05) is 31.7 Å². The Morgan fingerprint density at radius 3 is 2.74 bits per heavy atom. The van der Waals surface area contributed by atoms with Crippen molar-refractivity contribution in [2.75, 3.05) is 33.5 Å². The van der Waals surface area contributed by atoms with Crippen LogP contribution in [0.5, 0.6) is 0 Å². The Labute approximate surface area is 119 Å². The summed E-state index contributed by atoms with van der Waals surface area (Å²) in [4.78, 5) is 6.21. The van der Waals surface area contributed by atoms with Gasteiger partial charge in [-0.05, 0) is 26.2 Å². The van der Waals surface area contributed by atoms with Crippen molar-refractivity contribution < 1.29 is 9.47 Å². The van der Waals surface area contributed by atoms with Crippen LogP contribution in [0, 0.1) is 6.92 Å². The second kappa shape index (κ2) is 6.79. The highest BCUT2D eigenvalue weighted by molar-refractivity contribution is 7.11. The quantitative estimate of drug-likeness (QED) is 0.814. The summed E-state index contributed by atoms with van der Waals surface area (Å²) in [5, 5.41) is 4.88. The molecule has 1 N–H and O–H groups in total. The smallest absolute Gasteiger partial charge is 0.113 e. The van der Waals surface area contributed by atoms with Gasteiger partial charge < -0.3 is 14.8 Å². The Bertz CT molecular complexity index is 400. The van der Waals surface area contributed by atoms with Gasteiger partial charge in [0.25, 0.3) is 0 Å². The molecule has 0 atom stereocenters. The van der Waals surface area contributed by atoms with Gasteiger partial charge >= 0.3 is 0 Å². The Morgan fingerprint density at radius 2 is 2.16 bits per heavy atom. The Hall–Kier alpha value is -0.490. The van der Waals surface area contributed by atoms with Crippen LogP contribution in [-0.2, 0) is 21.4 Å². The van der Waals surface area contributed by atoms with Gasteiger partial charge in [-0.1, -0.05) is 6.92 Å². The summed E-state index contributed by atoms with van der Waals surface area (Å²) in [6.45, 7) is 7.54. The minimum absolute atomic E-state index is 0.0143. The number of rotatable bonds is 6. The minimum atomic E-state index is -0.0143. The van der Waals surface area contributed by atoms with E-state index in [1.165, 1.54) is 15.6 Å². The molecule has 1 aliphatic rings. The molecule has 1 aromatic heterocycles. The van der Waals surface area contributed by atoms with Crippen molar-refractivity contribution in [1.82, 2.24) is 10.3 Å². The number of nitrogens with one attached hydrogen (secondary N) is 1. The fraction of sp³-hybridized carbons (Fsp3) is 0.786.